The van der Waals surface area contributed by atoms with Gasteiger partial charge in [0, 0.05) is 39.2 Å². The fraction of sp³-hybridized carbons (Fsp3) is 0.478. The Bertz CT molecular complexity index is 1050. The monoisotopic (exact) mass is 584 g/mol. The molecule has 1 aromatic carbocycles. The lowest BCUT2D eigenvalue weighted by Crippen LogP contribution is -2.94. The number of nitrogens with zero attached hydrogens (tertiary/aromatic N) is 2. The molecule has 3 heterocycles. The molecular formula is C23H25Br2ClN3O3+. The third-order valence-electron chi connectivity index (χ3n) is 6.90. The molecule has 2 fully saturated rings. The van der Waals surface area contributed by atoms with E-state index >= 15 is 0 Å². The van der Waals surface area contributed by atoms with Gasteiger partial charge in [-0.05, 0) is 82.4 Å². The fourth-order valence-electron chi connectivity index (χ4n) is 5.38. The fourth-order valence-corrected chi connectivity index (χ4v) is 6.88. The Kier molecular flexibility index (Phi) is 6.62. The number of hydrogen-bond acceptors (Lipinski definition) is 4. The summed E-state index contributed by atoms with van der Waals surface area (Å²) in [5.74, 6) is 0.578. The molecule has 2 aliphatic heterocycles. The van der Waals surface area contributed by atoms with Gasteiger partial charge in [0.15, 0.2) is 6.04 Å². The number of carbonyl (C=O) groups is 1. The van der Waals surface area contributed by atoms with Crippen LogP contribution in [0.3, 0.4) is 0 Å². The average Bonchev–Trinajstić information content (AvgIpc) is 3.14. The van der Waals surface area contributed by atoms with Crippen molar-refractivity contribution >= 4 is 49.4 Å². The predicted molar refractivity (Wildman–Crippen MR) is 127 cm³/mol. The van der Waals surface area contributed by atoms with Crippen LogP contribution in [0.4, 0.5) is 0 Å². The number of aliphatic hydroxyl groups excluding tert-OH is 1. The van der Waals surface area contributed by atoms with Crippen LogP contribution in [0, 0.1) is 5.92 Å². The molecule has 1 aliphatic carbocycles. The Labute approximate surface area is 208 Å². The Morgan fingerprint density at radius 3 is 2.66 bits per heavy atom. The zero-order valence-corrected chi connectivity index (χ0v) is 21.4. The van der Waals surface area contributed by atoms with E-state index in [2.05, 4.69) is 44.0 Å². The van der Waals surface area contributed by atoms with E-state index in [-0.39, 0.29) is 24.5 Å². The summed E-state index contributed by atoms with van der Waals surface area (Å²) in [7, 11) is 0. The molecule has 170 valence electrons. The number of likely N-dealkylation sites (tertiary alicyclic amines) is 1. The van der Waals surface area contributed by atoms with Crippen LogP contribution in [-0.4, -0.2) is 53.0 Å². The van der Waals surface area contributed by atoms with E-state index in [9.17, 15) is 9.90 Å². The van der Waals surface area contributed by atoms with E-state index in [1.165, 1.54) is 16.7 Å². The summed E-state index contributed by atoms with van der Waals surface area (Å²) in [6.07, 6.45) is 4.61. The molecule has 0 spiro atoms. The quantitative estimate of drug-likeness (QED) is 0.568. The van der Waals surface area contributed by atoms with E-state index in [1.807, 2.05) is 17.2 Å². The van der Waals surface area contributed by atoms with E-state index in [4.69, 9.17) is 21.3 Å². The van der Waals surface area contributed by atoms with E-state index < -0.39 is 6.41 Å². The topological polar surface area (TPSA) is 79.3 Å². The van der Waals surface area contributed by atoms with Crippen molar-refractivity contribution < 1.29 is 20.0 Å². The number of ether oxygens (including phenoxy) is 1. The molecule has 6 nitrogen and oxygen atoms in total. The van der Waals surface area contributed by atoms with Gasteiger partial charge >= 0.3 is 6.41 Å². The van der Waals surface area contributed by atoms with Gasteiger partial charge in [0.05, 0.1) is 5.69 Å². The maximum Gasteiger partial charge on any atom is 0.304 e. The van der Waals surface area contributed by atoms with Gasteiger partial charge in [-0.1, -0.05) is 27.5 Å². The van der Waals surface area contributed by atoms with Gasteiger partial charge in [0.1, 0.15) is 6.61 Å². The van der Waals surface area contributed by atoms with Crippen molar-refractivity contribution in [3.63, 3.8) is 0 Å². The highest BCUT2D eigenvalue weighted by Gasteiger charge is 2.40. The lowest BCUT2D eigenvalue weighted by molar-refractivity contribution is -0.744. The van der Waals surface area contributed by atoms with Crippen LogP contribution in [0.15, 0.2) is 33.3 Å². The lowest BCUT2D eigenvalue weighted by atomic mass is 9.76. The molecule has 0 saturated carbocycles. The lowest BCUT2D eigenvalue weighted by Gasteiger charge is -2.37. The Morgan fingerprint density at radius 2 is 1.94 bits per heavy atom. The number of benzene rings is 1. The highest BCUT2D eigenvalue weighted by molar-refractivity contribution is 9.10. The van der Waals surface area contributed by atoms with Gasteiger partial charge in [0.2, 0.25) is 0 Å². The molecule has 5 rings (SSSR count). The van der Waals surface area contributed by atoms with E-state index in [1.54, 1.807) is 5.32 Å². The molecule has 9 heteroatoms. The first-order chi connectivity index (χ1) is 15.4. The van der Waals surface area contributed by atoms with Crippen LogP contribution in [0.5, 0.6) is 0 Å². The third kappa shape index (κ3) is 4.38. The van der Waals surface area contributed by atoms with Crippen molar-refractivity contribution in [1.82, 2.24) is 9.88 Å². The maximum atomic E-state index is 12.9. The summed E-state index contributed by atoms with van der Waals surface area (Å²) in [6.45, 7) is 1.66. The minimum Gasteiger partial charge on any atom is -0.337 e. The van der Waals surface area contributed by atoms with Crippen LogP contribution in [0.1, 0.15) is 41.1 Å². The molecule has 2 saturated heterocycles. The summed E-state index contributed by atoms with van der Waals surface area (Å²) in [4.78, 5) is 19.7. The summed E-state index contributed by atoms with van der Waals surface area (Å²) in [5.41, 5.74) is 4.97. The summed E-state index contributed by atoms with van der Waals surface area (Å²) in [5, 5.41) is 11.9. The minimum absolute atomic E-state index is 0.0525. The average molecular weight is 587 g/mol. The molecule has 0 bridgehead atoms. The summed E-state index contributed by atoms with van der Waals surface area (Å²) < 4.78 is 7.17. The number of nitrogens with two attached hydrogens (primary N) is 1. The van der Waals surface area contributed by atoms with Crippen LogP contribution < -0.4 is 5.32 Å². The zero-order valence-electron chi connectivity index (χ0n) is 17.4. The van der Waals surface area contributed by atoms with Crippen LogP contribution in [-0.2, 0) is 22.4 Å². The highest BCUT2D eigenvalue weighted by atomic mass is 79.9. The number of aromatic nitrogens is 1. The molecule has 3 aliphatic rings. The van der Waals surface area contributed by atoms with Gasteiger partial charge < -0.3 is 10.0 Å². The van der Waals surface area contributed by atoms with Gasteiger partial charge in [-0.15, -0.1) is 0 Å². The Morgan fingerprint density at radius 1 is 1.19 bits per heavy atom. The molecule has 3 unspecified atom stereocenters. The van der Waals surface area contributed by atoms with E-state index in [0.717, 1.165) is 45.3 Å². The first-order valence-electron chi connectivity index (χ1n) is 11.0. The van der Waals surface area contributed by atoms with Gasteiger partial charge in [-0.25, -0.2) is 0 Å². The Balaban J connectivity index is 1.44. The molecule has 1 aromatic heterocycles. The standard InChI is InChI=1S/C23H24Br2ClN3O3/c24-15-7-14-2-1-13-8-16(26)9-17(25)19(13)20(21(14)27-10-15)12-3-5-29(6-4-12)22(30)18-11-32-23(31)28-18/h7-10,12,18,20,23,28,31H,1-6,11H2/p+1. The minimum atomic E-state index is -0.935. The molecule has 0 radical (unpaired) electrons. The number of rotatable bonds is 2. The normalized spacial score (nSPS) is 25.9. The number of halogens is 3. The number of aryl methyl sites for hydroxylation is 2. The van der Waals surface area contributed by atoms with E-state index in [0.29, 0.717) is 19.0 Å². The second-order valence-corrected chi connectivity index (χ2v) is 11.0. The molecule has 3 atom stereocenters. The first-order valence-corrected chi connectivity index (χ1v) is 12.9. The van der Waals surface area contributed by atoms with Crippen LogP contribution >= 0.6 is 43.5 Å². The molecule has 1 amide bonds. The first kappa shape index (κ1) is 22.7. The SMILES string of the molecule is O=C(C1COC(O)[NH2+]1)N1CCC(C2c3ncc(Br)cc3CCc3cc(Cl)cc(Br)c32)CC1. The van der Waals surface area contributed by atoms with Crippen molar-refractivity contribution in [3.05, 3.63) is 60.7 Å². The van der Waals surface area contributed by atoms with Crippen molar-refractivity contribution in [2.24, 2.45) is 5.92 Å². The summed E-state index contributed by atoms with van der Waals surface area (Å²) >= 11 is 13.8. The second kappa shape index (κ2) is 9.31. The van der Waals surface area contributed by atoms with Gasteiger partial charge in [-0.2, -0.15) is 0 Å². The molecule has 32 heavy (non-hydrogen) atoms. The summed E-state index contributed by atoms with van der Waals surface area (Å²) in [6, 6.07) is 5.92. The number of pyridine rings is 1. The number of piperidine rings is 1. The van der Waals surface area contributed by atoms with Crippen molar-refractivity contribution in [2.45, 2.75) is 44.1 Å². The number of aliphatic hydroxyl groups is 1. The zero-order chi connectivity index (χ0) is 22.4. The second-order valence-electron chi connectivity index (χ2n) is 8.82. The van der Waals surface area contributed by atoms with Crippen molar-refractivity contribution in [2.75, 3.05) is 19.7 Å². The van der Waals surface area contributed by atoms with Crippen molar-refractivity contribution in [3.8, 4) is 0 Å². The van der Waals surface area contributed by atoms with Gasteiger partial charge in [0.25, 0.3) is 5.91 Å². The van der Waals surface area contributed by atoms with Crippen LogP contribution in [0.2, 0.25) is 5.02 Å². The number of hydrogen-bond donors (Lipinski definition) is 2. The number of amides is 1. The maximum absolute atomic E-state index is 12.9. The van der Waals surface area contributed by atoms with Crippen molar-refractivity contribution in [1.29, 1.82) is 0 Å². The molecular weight excluding hydrogens is 562 g/mol. The number of carbonyl (C=O) groups excluding carboxylic acids is 1. The molecule has 2 aromatic rings. The Hall–Kier alpha value is -1.03. The predicted octanol–water partition coefficient (Wildman–Crippen LogP) is 2.97. The molecule has 3 N–H and O–H groups in total. The highest BCUT2D eigenvalue weighted by Crippen LogP contribution is 2.46. The number of quaternary nitrogens is 1. The number of fused-ring (bicyclic) bond motifs is 2. The largest absolute Gasteiger partial charge is 0.337 e. The van der Waals surface area contributed by atoms with Gasteiger partial charge in [-0.3, -0.25) is 19.8 Å². The van der Waals surface area contributed by atoms with Crippen LogP contribution in [0.25, 0.3) is 0 Å². The smallest absolute Gasteiger partial charge is 0.304 e. The third-order valence-corrected chi connectivity index (χ3v) is 8.21.